The minimum Gasteiger partial charge on any atom is -0.306 e. The molecule has 0 amide bonds. The van der Waals surface area contributed by atoms with Gasteiger partial charge in [-0.3, -0.25) is 0 Å². The van der Waals surface area contributed by atoms with E-state index in [4.69, 9.17) is 0 Å². The average molecular weight is 195 g/mol. The van der Waals surface area contributed by atoms with Gasteiger partial charge in [0.05, 0.1) is 5.54 Å². The molecule has 1 aliphatic rings. The summed E-state index contributed by atoms with van der Waals surface area (Å²) in [5.74, 6) is 0. The number of thiophene rings is 1. The second-order valence-corrected chi connectivity index (χ2v) is 4.66. The summed E-state index contributed by atoms with van der Waals surface area (Å²) in [5, 5.41) is 5.92. The summed E-state index contributed by atoms with van der Waals surface area (Å²) < 4.78 is 0. The highest BCUT2D eigenvalue weighted by Crippen LogP contribution is 2.37. The van der Waals surface area contributed by atoms with E-state index in [1.807, 2.05) is 11.3 Å². The maximum Gasteiger partial charge on any atom is 0.0526 e. The Morgan fingerprint density at radius 3 is 2.92 bits per heavy atom. The second-order valence-electron chi connectivity index (χ2n) is 3.74. The number of nitrogens with one attached hydrogen (secondary N) is 1. The summed E-state index contributed by atoms with van der Waals surface area (Å²) in [6, 6.07) is 2.29. The minimum absolute atomic E-state index is 0.293. The van der Waals surface area contributed by atoms with Crippen LogP contribution in [-0.4, -0.2) is 6.54 Å². The molecular weight excluding hydrogens is 178 g/mol. The summed E-state index contributed by atoms with van der Waals surface area (Å²) in [4.78, 5) is 1.59. The Balaban J connectivity index is 2.43. The van der Waals surface area contributed by atoms with Crippen LogP contribution in [0.2, 0.25) is 0 Å². The number of hydrogen-bond acceptors (Lipinski definition) is 2. The lowest BCUT2D eigenvalue weighted by Gasteiger charge is -2.37. The van der Waals surface area contributed by atoms with Gasteiger partial charge in [-0.05, 0) is 36.3 Å². The highest BCUT2D eigenvalue weighted by molar-refractivity contribution is 7.10. The van der Waals surface area contributed by atoms with Crippen molar-refractivity contribution in [1.29, 1.82) is 0 Å². The van der Waals surface area contributed by atoms with Crippen molar-refractivity contribution in [2.45, 2.75) is 38.6 Å². The lowest BCUT2D eigenvalue weighted by molar-refractivity contribution is 0.300. The van der Waals surface area contributed by atoms with E-state index in [1.54, 1.807) is 10.4 Å². The molecule has 0 unspecified atom stereocenters. The van der Waals surface area contributed by atoms with Crippen molar-refractivity contribution in [3.8, 4) is 0 Å². The largest absolute Gasteiger partial charge is 0.306 e. The van der Waals surface area contributed by atoms with E-state index >= 15 is 0 Å². The molecule has 13 heavy (non-hydrogen) atoms. The topological polar surface area (TPSA) is 12.0 Å². The molecule has 1 aliphatic heterocycles. The average Bonchev–Trinajstić information content (AvgIpc) is 2.65. The van der Waals surface area contributed by atoms with Gasteiger partial charge in [0.1, 0.15) is 0 Å². The van der Waals surface area contributed by atoms with Crippen molar-refractivity contribution >= 4 is 11.3 Å². The maximum atomic E-state index is 3.68. The van der Waals surface area contributed by atoms with Crippen molar-refractivity contribution in [3.05, 3.63) is 21.9 Å². The smallest absolute Gasteiger partial charge is 0.0526 e. The van der Waals surface area contributed by atoms with E-state index in [0.29, 0.717) is 5.54 Å². The second kappa shape index (κ2) is 3.43. The molecular formula is C11H17NS. The predicted molar refractivity (Wildman–Crippen MR) is 58.3 cm³/mol. The van der Waals surface area contributed by atoms with Crippen LogP contribution in [0.1, 0.15) is 37.1 Å². The van der Waals surface area contributed by atoms with Crippen LogP contribution in [0.4, 0.5) is 0 Å². The van der Waals surface area contributed by atoms with Gasteiger partial charge in [-0.15, -0.1) is 11.3 Å². The first-order valence-corrected chi connectivity index (χ1v) is 6.02. The van der Waals surface area contributed by atoms with Crippen LogP contribution >= 0.6 is 11.3 Å². The Morgan fingerprint density at radius 1 is 1.46 bits per heavy atom. The normalized spacial score (nSPS) is 19.8. The molecule has 0 saturated heterocycles. The molecule has 1 aromatic rings. The quantitative estimate of drug-likeness (QED) is 0.765. The highest BCUT2D eigenvalue weighted by Gasteiger charge is 2.33. The SMILES string of the molecule is CCC1(CC)NCCc2ccsc21. The van der Waals surface area contributed by atoms with Crippen LogP contribution in [0.25, 0.3) is 0 Å². The van der Waals surface area contributed by atoms with Gasteiger partial charge in [0.25, 0.3) is 0 Å². The monoisotopic (exact) mass is 195 g/mol. The van der Waals surface area contributed by atoms with Crippen molar-refractivity contribution < 1.29 is 0 Å². The molecule has 2 heteroatoms. The molecule has 0 radical (unpaired) electrons. The molecule has 0 saturated carbocycles. The van der Waals surface area contributed by atoms with Crippen LogP contribution in [0.3, 0.4) is 0 Å². The molecule has 0 aliphatic carbocycles. The molecule has 0 aromatic carbocycles. The molecule has 0 fully saturated rings. The zero-order valence-corrected chi connectivity index (χ0v) is 9.21. The van der Waals surface area contributed by atoms with Gasteiger partial charge in [0, 0.05) is 11.4 Å². The summed E-state index contributed by atoms with van der Waals surface area (Å²) >= 11 is 1.92. The Kier molecular flexibility index (Phi) is 2.43. The molecule has 2 heterocycles. The lowest BCUT2D eigenvalue weighted by atomic mass is 9.85. The van der Waals surface area contributed by atoms with Gasteiger partial charge in [0.15, 0.2) is 0 Å². The van der Waals surface area contributed by atoms with Crippen molar-refractivity contribution in [1.82, 2.24) is 5.32 Å². The molecule has 2 rings (SSSR count). The lowest BCUT2D eigenvalue weighted by Crippen LogP contribution is -2.45. The molecule has 1 aromatic heterocycles. The molecule has 0 atom stereocenters. The van der Waals surface area contributed by atoms with E-state index in [9.17, 15) is 0 Å². The van der Waals surface area contributed by atoms with Crippen LogP contribution < -0.4 is 5.32 Å². The van der Waals surface area contributed by atoms with Gasteiger partial charge in [-0.1, -0.05) is 13.8 Å². The van der Waals surface area contributed by atoms with Crippen LogP contribution in [0.5, 0.6) is 0 Å². The molecule has 0 bridgehead atoms. The zero-order chi connectivity index (χ0) is 9.31. The third kappa shape index (κ3) is 1.32. The van der Waals surface area contributed by atoms with E-state index in [0.717, 1.165) is 6.54 Å². The zero-order valence-electron chi connectivity index (χ0n) is 8.39. The summed E-state index contributed by atoms with van der Waals surface area (Å²) in [7, 11) is 0. The Bertz CT molecular complexity index is 286. The van der Waals surface area contributed by atoms with Gasteiger partial charge < -0.3 is 5.32 Å². The van der Waals surface area contributed by atoms with Gasteiger partial charge in [0.2, 0.25) is 0 Å². The maximum absolute atomic E-state index is 3.68. The molecule has 0 spiro atoms. The minimum atomic E-state index is 0.293. The molecule has 1 N–H and O–H groups in total. The number of fused-ring (bicyclic) bond motifs is 1. The van der Waals surface area contributed by atoms with Crippen LogP contribution in [0, 0.1) is 0 Å². The van der Waals surface area contributed by atoms with Crippen LogP contribution in [-0.2, 0) is 12.0 Å². The van der Waals surface area contributed by atoms with E-state index in [-0.39, 0.29) is 0 Å². The third-order valence-electron chi connectivity index (χ3n) is 3.25. The van der Waals surface area contributed by atoms with Crippen molar-refractivity contribution in [2.24, 2.45) is 0 Å². The Hall–Kier alpha value is -0.340. The van der Waals surface area contributed by atoms with Crippen molar-refractivity contribution in [3.63, 3.8) is 0 Å². The Labute approximate surface area is 84.2 Å². The summed E-state index contributed by atoms with van der Waals surface area (Å²) in [6.45, 7) is 5.71. The summed E-state index contributed by atoms with van der Waals surface area (Å²) in [6.07, 6.45) is 3.62. The Morgan fingerprint density at radius 2 is 2.23 bits per heavy atom. The van der Waals surface area contributed by atoms with E-state index in [2.05, 4.69) is 30.6 Å². The van der Waals surface area contributed by atoms with Gasteiger partial charge in [-0.25, -0.2) is 0 Å². The van der Waals surface area contributed by atoms with E-state index in [1.165, 1.54) is 19.3 Å². The number of hydrogen-bond donors (Lipinski definition) is 1. The van der Waals surface area contributed by atoms with Crippen molar-refractivity contribution in [2.75, 3.05) is 6.54 Å². The molecule has 1 nitrogen and oxygen atoms in total. The highest BCUT2D eigenvalue weighted by atomic mass is 32.1. The summed E-state index contributed by atoms with van der Waals surface area (Å²) in [5.41, 5.74) is 1.87. The van der Waals surface area contributed by atoms with E-state index < -0.39 is 0 Å². The van der Waals surface area contributed by atoms with Gasteiger partial charge in [-0.2, -0.15) is 0 Å². The molecule has 72 valence electrons. The first-order valence-electron chi connectivity index (χ1n) is 5.14. The standard InChI is InChI=1S/C11H17NS/c1-3-11(4-2)10-9(5-7-12-11)6-8-13-10/h6,8,12H,3-5,7H2,1-2H3. The van der Waals surface area contributed by atoms with Gasteiger partial charge >= 0.3 is 0 Å². The fourth-order valence-corrected chi connectivity index (χ4v) is 3.57. The number of rotatable bonds is 2. The predicted octanol–water partition coefficient (Wildman–Crippen LogP) is 2.91. The first-order chi connectivity index (χ1) is 6.32. The third-order valence-corrected chi connectivity index (χ3v) is 4.41. The first kappa shape index (κ1) is 9.22. The fourth-order valence-electron chi connectivity index (χ4n) is 2.29. The van der Waals surface area contributed by atoms with Crippen LogP contribution in [0.15, 0.2) is 11.4 Å². The fraction of sp³-hybridized carbons (Fsp3) is 0.636.